The lowest BCUT2D eigenvalue weighted by atomic mass is 10.1. The van der Waals surface area contributed by atoms with Gasteiger partial charge in [-0.15, -0.1) is 0 Å². The lowest BCUT2D eigenvalue weighted by molar-refractivity contribution is 0.0699. The number of aromatic amines is 1. The van der Waals surface area contributed by atoms with Crippen molar-refractivity contribution in [3.63, 3.8) is 0 Å². The lowest BCUT2D eigenvalue weighted by Crippen LogP contribution is -1.97. The predicted molar refractivity (Wildman–Crippen MR) is 72.8 cm³/mol. The van der Waals surface area contributed by atoms with Gasteiger partial charge in [0, 0.05) is 11.8 Å². The summed E-state index contributed by atoms with van der Waals surface area (Å²) >= 11 is 0. The van der Waals surface area contributed by atoms with E-state index in [1.165, 1.54) is 12.5 Å². The maximum absolute atomic E-state index is 11.3. The Hall–Kier alpha value is -2.89. The number of fused-ring (bicyclic) bond motifs is 1. The number of ether oxygens (including phenoxy) is 1. The van der Waals surface area contributed by atoms with Crippen molar-refractivity contribution in [3.8, 4) is 17.0 Å². The molecule has 0 bridgehead atoms. The van der Waals surface area contributed by atoms with Crippen LogP contribution in [-0.4, -0.2) is 33.1 Å². The van der Waals surface area contributed by atoms with Crippen LogP contribution in [0.5, 0.6) is 5.75 Å². The Bertz CT molecular complexity index is 795. The van der Waals surface area contributed by atoms with E-state index in [-0.39, 0.29) is 5.56 Å². The van der Waals surface area contributed by atoms with Crippen LogP contribution < -0.4 is 4.74 Å². The van der Waals surface area contributed by atoms with Crippen LogP contribution >= 0.6 is 0 Å². The van der Waals surface area contributed by atoms with Crippen LogP contribution in [0.4, 0.5) is 0 Å². The van der Waals surface area contributed by atoms with E-state index in [0.29, 0.717) is 22.5 Å². The first kappa shape index (κ1) is 12.2. The first-order valence-electron chi connectivity index (χ1n) is 5.90. The van der Waals surface area contributed by atoms with Gasteiger partial charge in [0.1, 0.15) is 17.7 Å². The zero-order valence-electron chi connectivity index (χ0n) is 10.6. The Morgan fingerprint density at radius 3 is 2.95 bits per heavy atom. The number of H-pyrrole nitrogens is 1. The van der Waals surface area contributed by atoms with Crippen molar-refractivity contribution in [2.75, 3.05) is 7.11 Å². The summed E-state index contributed by atoms with van der Waals surface area (Å²) in [5.74, 6) is -0.336. The van der Waals surface area contributed by atoms with E-state index in [1.807, 2.05) is 18.2 Å². The highest BCUT2D eigenvalue weighted by atomic mass is 16.5. The van der Waals surface area contributed by atoms with Crippen molar-refractivity contribution < 1.29 is 14.6 Å². The summed E-state index contributed by atoms with van der Waals surface area (Å²) in [4.78, 5) is 22.4. The summed E-state index contributed by atoms with van der Waals surface area (Å²) in [6.45, 7) is 0. The molecule has 3 aromatic rings. The highest BCUT2D eigenvalue weighted by Crippen LogP contribution is 2.29. The number of nitrogens with zero attached hydrogens (tertiary/aromatic N) is 2. The monoisotopic (exact) mass is 269 g/mol. The first-order chi connectivity index (χ1) is 9.70. The number of nitrogens with one attached hydrogen (secondary N) is 1. The zero-order chi connectivity index (χ0) is 14.1. The largest absolute Gasteiger partial charge is 0.497 e. The molecule has 0 aliphatic rings. The van der Waals surface area contributed by atoms with Gasteiger partial charge in [0.2, 0.25) is 0 Å². The van der Waals surface area contributed by atoms with Gasteiger partial charge in [-0.05, 0) is 12.1 Å². The summed E-state index contributed by atoms with van der Waals surface area (Å²) in [5.41, 5.74) is 1.99. The Kier molecular flexibility index (Phi) is 2.83. The Labute approximate surface area is 114 Å². The van der Waals surface area contributed by atoms with E-state index in [1.54, 1.807) is 13.2 Å². The SMILES string of the molecule is COc1cccc(-c2ncnc3[nH]cc(C(=O)O)c23)c1. The molecule has 20 heavy (non-hydrogen) atoms. The molecule has 0 aliphatic carbocycles. The van der Waals surface area contributed by atoms with Gasteiger partial charge in [-0.25, -0.2) is 14.8 Å². The molecule has 0 saturated carbocycles. The number of hydrogen-bond donors (Lipinski definition) is 2. The second-order valence-electron chi connectivity index (χ2n) is 4.19. The van der Waals surface area contributed by atoms with E-state index in [2.05, 4.69) is 15.0 Å². The molecule has 0 fully saturated rings. The maximum Gasteiger partial charge on any atom is 0.338 e. The van der Waals surface area contributed by atoms with Crippen LogP contribution in [-0.2, 0) is 0 Å². The van der Waals surface area contributed by atoms with Crippen molar-refractivity contribution in [2.24, 2.45) is 0 Å². The quantitative estimate of drug-likeness (QED) is 0.761. The molecule has 2 heterocycles. The van der Waals surface area contributed by atoms with Gasteiger partial charge in [-0.3, -0.25) is 0 Å². The molecule has 0 amide bonds. The molecule has 0 atom stereocenters. The van der Waals surface area contributed by atoms with Crippen molar-refractivity contribution in [1.82, 2.24) is 15.0 Å². The van der Waals surface area contributed by atoms with E-state index in [9.17, 15) is 9.90 Å². The third kappa shape index (κ3) is 1.87. The van der Waals surface area contributed by atoms with Crippen LogP contribution in [0.2, 0.25) is 0 Å². The molecule has 0 saturated heterocycles. The zero-order valence-corrected chi connectivity index (χ0v) is 10.6. The number of carboxylic acids is 1. The number of aromatic nitrogens is 3. The molecule has 100 valence electrons. The van der Waals surface area contributed by atoms with Crippen LogP contribution in [0.15, 0.2) is 36.8 Å². The fourth-order valence-electron chi connectivity index (χ4n) is 2.12. The number of carboxylic acid groups (broad SMARTS) is 1. The Balaban J connectivity index is 2.29. The molecule has 2 aromatic heterocycles. The minimum absolute atomic E-state index is 0.151. The summed E-state index contributed by atoms with van der Waals surface area (Å²) in [5, 5.41) is 9.74. The predicted octanol–water partition coefficient (Wildman–Crippen LogP) is 2.33. The smallest absolute Gasteiger partial charge is 0.338 e. The molecule has 1 aromatic carbocycles. The van der Waals surface area contributed by atoms with Gasteiger partial charge in [0.15, 0.2) is 0 Å². The van der Waals surface area contributed by atoms with Crippen LogP contribution in [0.25, 0.3) is 22.3 Å². The second kappa shape index (κ2) is 4.65. The van der Waals surface area contributed by atoms with E-state index in [0.717, 1.165) is 5.56 Å². The van der Waals surface area contributed by atoms with Gasteiger partial charge >= 0.3 is 5.97 Å². The van der Waals surface area contributed by atoms with E-state index in [4.69, 9.17) is 4.74 Å². The molecule has 3 rings (SSSR count). The molecular weight excluding hydrogens is 258 g/mol. The van der Waals surface area contributed by atoms with Crippen molar-refractivity contribution in [1.29, 1.82) is 0 Å². The number of rotatable bonds is 3. The minimum atomic E-state index is -1.02. The van der Waals surface area contributed by atoms with Gasteiger partial charge in [-0.2, -0.15) is 0 Å². The van der Waals surface area contributed by atoms with Crippen LogP contribution in [0.1, 0.15) is 10.4 Å². The standard InChI is InChI=1S/C14H11N3O3/c1-20-9-4-2-3-8(5-9)12-11-10(14(18)19)6-15-13(11)17-7-16-12/h2-7H,1H3,(H,18,19)(H,15,16,17). The van der Waals surface area contributed by atoms with Crippen LogP contribution in [0, 0.1) is 0 Å². The molecule has 0 radical (unpaired) electrons. The molecule has 0 unspecified atom stereocenters. The topological polar surface area (TPSA) is 88.1 Å². The van der Waals surface area contributed by atoms with E-state index < -0.39 is 5.97 Å². The molecule has 6 nitrogen and oxygen atoms in total. The number of methoxy groups -OCH3 is 1. The number of benzene rings is 1. The lowest BCUT2D eigenvalue weighted by Gasteiger charge is -2.05. The maximum atomic E-state index is 11.3. The van der Waals surface area contributed by atoms with Gasteiger partial charge in [-0.1, -0.05) is 12.1 Å². The molecule has 0 aliphatic heterocycles. The summed E-state index contributed by atoms with van der Waals surface area (Å²) < 4.78 is 5.18. The fraction of sp³-hybridized carbons (Fsp3) is 0.0714. The van der Waals surface area contributed by atoms with Crippen molar-refractivity contribution in [3.05, 3.63) is 42.4 Å². The number of hydrogen-bond acceptors (Lipinski definition) is 4. The van der Waals surface area contributed by atoms with Gasteiger partial charge in [0.05, 0.1) is 23.8 Å². The normalized spacial score (nSPS) is 10.7. The van der Waals surface area contributed by atoms with Gasteiger partial charge < -0.3 is 14.8 Å². The second-order valence-corrected chi connectivity index (χ2v) is 4.19. The average molecular weight is 269 g/mol. The third-order valence-corrected chi connectivity index (χ3v) is 3.04. The van der Waals surface area contributed by atoms with Crippen LogP contribution in [0.3, 0.4) is 0 Å². The average Bonchev–Trinajstić information content (AvgIpc) is 2.91. The van der Waals surface area contributed by atoms with Crippen molar-refractivity contribution in [2.45, 2.75) is 0 Å². The molecule has 2 N–H and O–H groups in total. The highest BCUT2D eigenvalue weighted by molar-refractivity contribution is 6.07. The first-order valence-corrected chi connectivity index (χ1v) is 5.90. The molecule has 0 spiro atoms. The summed E-state index contributed by atoms with van der Waals surface area (Å²) in [7, 11) is 1.58. The fourth-order valence-corrected chi connectivity index (χ4v) is 2.12. The number of aromatic carboxylic acids is 1. The molecular formula is C14H11N3O3. The van der Waals surface area contributed by atoms with Crippen molar-refractivity contribution >= 4 is 17.0 Å². The Morgan fingerprint density at radius 1 is 1.35 bits per heavy atom. The number of carbonyl (C=O) groups is 1. The Morgan fingerprint density at radius 2 is 2.20 bits per heavy atom. The summed E-state index contributed by atoms with van der Waals surface area (Å²) in [6, 6.07) is 7.30. The molecule has 6 heteroatoms. The van der Waals surface area contributed by atoms with E-state index >= 15 is 0 Å². The van der Waals surface area contributed by atoms with Gasteiger partial charge in [0.25, 0.3) is 0 Å². The minimum Gasteiger partial charge on any atom is -0.497 e. The highest BCUT2D eigenvalue weighted by Gasteiger charge is 2.17. The summed E-state index contributed by atoms with van der Waals surface area (Å²) in [6.07, 6.45) is 2.82. The third-order valence-electron chi connectivity index (χ3n) is 3.04.